The summed E-state index contributed by atoms with van der Waals surface area (Å²) in [6.45, 7) is 13.6. The highest BCUT2D eigenvalue weighted by molar-refractivity contribution is 6.23. The predicted molar refractivity (Wildman–Crippen MR) is 287 cm³/mol. The average molecular weight is 1040 g/mol. The van der Waals surface area contributed by atoms with Crippen molar-refractivity contribution in [3.05, 3.63) is 98.7 Å². The zero-order valence-corrected chi connectivity index (χ0v) is 44.0. The Hall–Kier alpha value is -7.32. The van der Waals surface area contributed by atoms with Gasteiger partial charge in [-0.3, -0.25) is 48.7 Å². The molecule has 1 aliphatic carbocycles. The Morgan fingerprint density at radius 3 is 2.39 bits per heavy atom. The van der Waals surface area contributed by atoms with E-state index in [1.807, 2.05) is 34.1 Å². The van der Waals surface area contributed by atoms with Crippen molar-refractivity contribution in [1.82, 2.24) is 34.1 Å². The number of aromatic nitrogens is 3. The van der Waals surface area contributed by atoms with E-state index in [1.165, 1.54) is 21.9 Å². The third kappa shape index (κ3) is 9.11. The van der Waals surface area contributed by atoms with E-state index >= 15 is 0 Å². The van der Waals surface area contributed by atoms with Gasteiger partial charge in [0.15, 0.2) is 5.82 Å². The molecular formula is C56H68N12O8. The Kier molecular flexibility index (Phi) is 13.2. The molecule has 6 amide bonds. The van der Waals surface area contributed by atoms with Crippen LogP contribution in [0.25, 0.3) is 6.08 Å². The number of primary amides is 1. The molecule has 20 nitrogen and oxygen atoms in total. The first-order valence-corrected chi connectivity index (χ1v) is 26.9. The first kappa shape index (κ1) is 50.8. The van der Waals surface area contributed by atoms with Crippen LogP contribution >= 0.6 is 0 Å². The Balaban J connectivity index is 0.756. The molecule has 0 bridgehead atoms. The maximum Gasteiger partial charge on any atom is 0.293 e. The van der Waals surface area contributed by atoms with Gasteiger partial charge in [-0.2, -0.15) is 0 Å². The van der Waals surface area contributed by atoms with Crippen LogP contribution in [0.15, 0.2) is 59.5 Å². The molecule has 7 aliphatic rings. The average Bonchev–Trinajstić information content (AvgIpc) is 4.00. The van der Waals surface area contributed by atoms with E-state index in [-0.39, 0.29) is 71.4 Å². The molecule has 5 N–H and O–H groups in total. The molecule has 76 heavy (non-hydrogen) atoms. The van der Waals surface area contributed by atoms with Gasteiger partial charge in [0.05, 0.1) is 29.8 Å². The fourth-order valence-corrected chi connectivity index (χ4v) is 13.5. The van der Waals surface area contributed by atoms with E-state index in [9.17, 15) is 38.7 Å². The van der Waals surface area contributed by atoms with Gasteiger partial charge in [-0.25, -0.2) is 4.98 Å². The van der Waals surface area contributed by atoms with Crippen LogP contribution in [-0.4, -0.2) is 151 Å². The third-order valence-electron chi connectivity index (χ3n) is 17.1. The minimum atomic E-state index is -1.02. The lowest BCUT2D eigenvalue weighted by Crippen LogP contribution is -2.60. The van der Waals surface area contributed by atoms with E-state index < -0.39 is 41.6 Å². The summed E-state index contributed by atoms with van der Waals surface area (Å²) in [5, 5.41) is 16.5. The smallest absolute Gasteiger partial charge is 0.293 e. The Labute approximate surface area is 441 Å². The first-order chi connectivity index (χ1) is 36.4. The molecule has 6 aliphatic heterocycles. The number of nitrogens with zero attached hydrogens (tertiary/aromatic N) is 9. The van der Waals surface area contributed by atoms with Crippen LogP contribution in [0.4, 0.5) is 28.7 Å². The van der Waals surface area contributed by atoms with Gasteiger partial charge in [0.25, 0.3) is 23.3 Å². The first-order valence-electron chi connectivity index (χ1n) is 26.9. The van der Waals surface area contributed by atoms with E-state index in [0.717, 1.165) is 85.7 Å². The second kappa shape index (κ2) is 19.7. The number of carbonyl (C=O) groups excluding carboxylic acids is 6. The van der Waals surface area contributed by atoms with Gasteiger partial charge < -0.3 is 44.9 Å². The van der Waals surface area contributed by atoms with Crippen molar-refractivity contribution in [3.8, 4) is 0 Å². The molecule has 11 rings (SSSR count). The van der Waals surface area contributed by atoms with Crippen LogP contribution in [-0.2, 0) is 40.8 Å². The molecule has 400 valence electrons. The highest BCUT2D eigenvalue weighted by Crippen LogP contribution is 2.41. The summed E-state index contributed by atoms with van der Waals surface area (Å²) in [5.74, 6) is -2.08. The van der Waals surface area contributed by atoms with E-state index in [2.05, 4.69) is 63.7 Å². The Morgan fingerprint density at radius 1 is 0.855 bits per heavy atom. The number of piperidine rings is 3. The lowest BCUT2D eigenvalue weighted by Gasteiger charge is -2.48. The summed E-state index contributed by atoms with van der Waals surface area (Å²) in [7, 11) is 1.68. The lowest BCUT2D eigenvalue weighted by atomic mass is 9.90. The maximum absolute atomic E-state index is 14.2. The summed E-state index contributed by atoms with van der Waals surface area (Å²) in [5.41, 5.74) is 12.3. The molecule has 0 saturated carbocycles. The van der Waals surface area contributed by atoms with Crippen molar-refractivity contribution in [2.24, 2.45) is 18.2 Å². The fraction of sp³-hybridized carbons (Fsp3) is 0.500. The molecular weight excluding hydrogens is 969 g/mol. The SMILES string of the molecule is C[C@H]1CC(N2CCN(c3ccc(Nc4nc(N5CCCC(N6CCn7c(cc8c7CC(C)(C)C8)C6=O)C5CO)cn(C)c4=O)cc3C=CC(N)=O)[C@@H](C)C2)CCN1c1ccc2c(c1)C(=O)N(C1CCC(=O)NC1=O)C2=O. The minimum Gasteiger partial charge on any atom is -0.394 e. The summed E-state index contributed by atoms with van der Waals surface area (Å²) >= 11 is 0. The summed E-state index contributed by atoms with van der Waals surface area (Å²) < 4.78 is 3.69. The fourth-order valence-electron chi connectivity index (χ4n) is 13.5. The van der Waals surface area contributed by atoms with Gasteiger partial charge in [-0.05, 0) is 118 Å². The number of aryl methyl sites for hydroxylation is 1. The summed E-state index contributed by atoms with van der Waals surface area (Å²) in [6, 6.07) is 12.0. The van der Waals surface area contributed by atoms with Crippen LogP contribution < -0.4 is 36.6 Å². The van der Waals surface area contributed by atoms with E-state index in [1.54, 1.807) is 31.5 Å². The van der Waals surface area contributed by atoms with Gasteiger partial charge in [0.2, 0.25) is 17.7 Å². The second-order valence-electron chi connectivity index (χ2n) is 22.8. The summed E-state index contributed by atoms with van der Waals surface area (Å²) in [6.07, 6.45) is 10.1. The third-order valence-corrected chi connectivity index (χ3v) is 17.1. The maximum atomic E-state index is 14.2. The topological polar surface area (TPSA) is 232 Å². The lowest BCUT2D eigenvalue weighted by molar-refractivity contribution is -0.136. The van der Waals surface area contributed by atoms with Crippen molar-refractivity contribution in [2.75, 3.05) is 65.9 Å². The van der Waals surface area contributed by atoms with Crippen molar-refractivity contribution in [3.63, 3.8) is 0 Å². The molecule has 4 aromatic rings. The number of rotatable bonds is 11. The largest absolute Gasteiger partial charge is 0.394 e. The van der Waals surface area contributed by atoms with Gasteiger partial charge in [0, 0.05) is 118 Å². The van der Waals surface area contributed by atoms with Crippen LogP contribution in [0, 0.1) is 5.41 Å². The number of fused-ring (bicyclic) bond motifs is 4. The van der Waals surface area contributed by atoms with Gasteiger partial charge in [0.1, 0.15) is 17.6 Å². The highest BCUT2D eigenvalue weighted by Gasteiger charge is 2.46. The van der Waals surface area contributed by atoms with E-state index in [4.69, 9.17) is 10.7 Å². The number of imide groups is 2. The number of hydrogen-bond acceptors (Lipinski definition) is 14. The number of nitrogens with one attached hydrogen (secondary N) is 2. The molecule has 0 spiro atoms. The molecule has 4 saturated heterocycles. The Bertz CT molecular complexity index is 3160. The number of aliphatic hydroxyl groups is 1. The van der Waals surface area contributed by atoms with Crippen molar-refractivity contribution in [2.45, 2.75) is 122 Å². The number of hydrogen-bond donors (Lipinski definition) is 4. The molecule has 0 radical (unpaired) electrons. The quantitative estimate of drug-likeness (QED) is 0.125. The van der Waals surface area contributed by atoms with Crippen LogP contribution in [0.2, 0.25) is 0 Å². The monoisotopic (exact) mass is 1040 g/mol. The summed E-state index contributed by atoms with van der Waals surface area (Å²) in [4.78, 5) is 108. The molecule has 2 aromatic heterocycles. The number of benzene rings is 2. The van der Waals surface area contributed by atoms with E-state index in [0.29, 0.717) is 43.7 Å². The van der Waals surface area contributed by atoms with Gasteiger partial charge in [-0.1, -0.05) is 13.8 Å². The standard InChI is InChI=1S/C56H68N12O8/c1-32-23-37(16-18-63(32)38-10-11-39-40(26-38)53(74)68(52(39)73)43-13-15-49(71)60-51(43)72)62-19-20-64(33(2)29-62)41-12-9-36(24-34(41)8-14-47(57)70)58-50-55(76)61(5)30-48(59-50)66-17-6-7-42(46(66)31-69)67-22-21-65-44(54(67)75)25-35-27-56(3,4)28-45(35)65/h8-12,14,24-26,30,32-33,37,42-43,46,69H,6-7,13,15-23,27-29,31H2,1-5H3,(H2,57,70)(H,58,59)(H,60,71,72)/t32-,33-,37?,42?,43?,46?/m0/s1. The molecule has 20 heteroatoms. The van der Waals surface area contributed by atoms with Crippen LogP contribution in [0.5, 0.6) is 0 Å². The normalized spacial score (nSPS) is 25.8. The molecule has 8 heterocycles. The molecule has 6 atom stereocenters. The van der Waals surface area contributed by atoms with Crippen LogP contribution in [0.1, 0.15) is 114 Å². The number of aliphatic hydroxyl groups excluding tert-OH is 1. The predicted octanol–water partition coefficient (Wildman–Crippen LogP) is 3.40. The van der Waals surface area contributed by atoms with Crippen LogP contribution in [0.3, 0.4) is 0 Å². The highest BCUT2D eigenvalue weighted by atomic mass is 16.3. The molecule has 2 aromatic carbocycles. The zero-order valence-electron chi connectivity index (χ0n) is 44.0. The van der Waals surface area contributed by atoms with Crippen molar-refractivity contribution < 1.29 is 33.9 Å². The Morgan fingerprint density at radius 2 is 1.64 bits per heavy atom. The van der Waals surface area contributed by atoms with Crippen molar-refractivity contribution in [1.29, 1.82) is 0 Å². The number of nitrogens with two attached hydrogens (primary N) is 1. The zero-order chi connectivity index (χ0) is 53.5. The number of piperazine rings is 1. The number of anilines is 5. The number of amides is 6. The minimum absolute atomic E-state index is 0.00819. The van der Waals surface area contributed by atoms with Gasteiger partial charge in [-0.15, -0.1) is 0 Å². The molecule has 4 fully saturated rings. The second-order valence-corrected chi connectivity index (χ2v) is 22.8. The molecule has 4 unspecified atom stereocenters. The van der Waals surface area contributed by atoms with Crippen molar-refractivity contribution >= 4 is 70.2 Å². The van der Waals surface area contributed by atoms with Gasteiger partial charge >= 0.3 is 0 Å². The number of carbonyl (C=O) groups is 6.